The lowest BCUT2D eigenvalue weighted by Crippen LogP contribution is -2.26. The van der Waals surface area contributed by atoms with Crippen LogP contribution in [0.15, 0.2) is 0 Å². The first-order valence-electron chi connectivity index (χ1n) is 4.30. The third-order valence-electron chi connectivity index (χ3n) is 1.72. The molecule has 0 atom stereocenters. The highest BCUT2D eigenvalue weighted by atomic mass is 32.2. The number of methoxy groups -OCH3 is 3. The smallest absolute Gasteiger partial charge is 0.170 e. The van der Waals surface area contributed by atoms with Crippen molar-refractivity contribution in [3.8, 4) is 0 Å². The number of rotatable bonds is 8. The zero-order valence-electron chi connectivity index (χ0n) is 8.86. The van der Waals surface area contributed by atoms with Crippen molar-refractivity contribution in [2.24, 2.45) is 0 Å². The molecule has 0 rings (SSSR count). The Morgan fingerprint density at radius 2 is 1.71 bits per heavy atom. The van der Waals surface area contributed by atoms with E-state index in [9.17, 15) is 8.42 Å². The van der Waals surface area contributed by atoms with Crippen LogP contribution in [0.1, 0.15) is 6.42 Å². The van der Waals surface area contributed by atoms with Crippen LogP contribution in [0.3, 0.4) is 0 Å². The van der Waals surface area contributed by atoms with Crippen LogP contribution in [0.25, 0.3) is 0 Å². The molecule has 0 heterocycles. The van der Waals surface area contributed by atoms with Gasteiger partial charge in [0.1, 0.15) is 5.75 Å². The fourth-order valence-electron chi connectivity index (χ4n) is 0.946. The summed E-state index contributed by atoms with van der Waals surface area (Å²) in [6.07, 6.45) is -0.179. The van der Waals surface area contributed by atoms with Gasteiger partial charge in [-0.25, -0.2) is 8.42 Å². The van der Waals surface area contributed by atoms with E-state index < -0.39 is 16.1 Å². The highest BCUT2D eigenvalue weighted by molar-refractivity contribution is 7.91. The summed E-state index contributed by atoms with van der Waals surface area (Å²) in [7, 11) is 1.27. The highest BCUT2D eigenvalue weighted by Crippen LogP contribution is 2.01. The van der Waals surface area contributed by atoms with Crippen LogP contribution in [-0.4, -0.2) is 54.1 Å². The quantitative estimate of drug-likeness (QED) is 0.432. The molecule has 0 aliphatic carbocycles. The highest BCUT2D eigenvalue weighted by Gasteiger charge is 2.17. The summed E-state index contributed by atoms with van der Waals surface area (Å²) in [6, 6.07) is 0. The molecule has 0 unspecified atom stereocenters. The average molecular weight is 226 g/mol. The molecule has 6 heteroatoms. The Kier molecular flexibility index (Phi) is 7.08. The van der Waals surface area contributed by atoms with E-state index >= 15 is 0 Å². The van der Waals surface area contributed by atoms with Crippen molar-refractivity contribution < 1.29 is 22.6 Å². The molecule has 86 valence electrons. The second kappa shape index (κ2) is 7.17. The summed E-state index contributed by atoms with van der Waals surface area (Å²) in [6.45, 7) is 0.448. The van der Waals surface area contributed by atoms with Crippen molar-refractivity contribution in [1.29, 1.82) is 0 Å². The van der Waals surface area contributed by atoms with Gasteiger partial charge in [-0.1, -0.05) is 0 Å². The van der Waals surface area contributed by atoms with Crippen LogP contribution >= 0.6 is 0 Å². The molecule has 0 aliphatic rings. The Morgan fingerprint density at radius 1 is 1.14 bits per heavy atom. The van der Waals surface area contributed by atoms with E-state index in [0.717, 1.165) is 0 Å². The minimum Gasteiger partial charge on any atom is -0.385 e. The lowest BCUT2D eigenvalue weighted by Gasteiger charge is -2.13. The van der Waals surface area contributed by atoms with Gasteiger partial charge in [-0.2, -0.15) is 0 Å². The molecule has 0 aliphatic heterocycles. The van der Waals surface area contributed by atoms with E-state index in [4.69, 9.17) is 14.2 Å². The standard InChI is InChI=1S/C8H18O5S/c1-11-5-4-6-14(9,10)7-8(12-2)13-3/h8H,4-7H2,1-3H3. The molecule has 5 nitrogen and oxygen atoms in total. The van der Waals surface area contributed by atoms with Crippen molar-refractivity contribution in [2.75, 3.05) is 39.4 Å². The minimum atomic E-state index is -3.11. The van der Waals surface area contributed by atoms with Gasteiger partial charge in [-0.05, 0) is 6.42 Å². The zero-order chi connectivity index (χ0) is 11.0. The molecule has 0 spiro atoms. The summed E-state index contributed by atoms with van der Waals surface area (Å²) in [5.41, 5.74) is 0. The molecule has 14 heavy (non-hydrogen) atoms. The van der Waals surface area contributed by atoms with Crippen LogP contribution in [-0.2, 0) is 24.0 Å². The molecular weight excluding hydrogens is 208 g/mol. The summed E-state index contributed by atoms with van der Waals surface area (Å²) >= 11 is 0. The van der Waals surface area contributed by atoms with E-state index in [1.165, 1.54) is 14.2 Å². The summed E-state index contributed by atoms with van der Waals surface area (Å²) in [5.74, 6) is -0.00618. The van der Waals surface area contributed by atoms with Crippen molar-refractivity contribution in [1.82, 2.24) is 0 Å². The molecule has 0 aromatic heterocycles. The molecule has 0 aromatic carbocycles. The first kappa shape index (κ1) is 13.8. The predicted molar refractivity (Wildman–Crippen MR) is 53.0 cm³/mol. The summed E-state index contributed by atoms with van der Waals surface area (Å²) in [4.78, 5) is 0. The van der Waals surface area contributed by atoms with Gasteiger partial charge in [-0.3, -0.25) is 0 Å². The van der Waals surface area contributed by atoms with Gasteiger partial charge in [0.25, 0.3) is 0 Å². The van der Waals surface area contributed by atoms with Crippen LogP contribution in [0, 0.1) is 0 Å². The van der Waals surface area contributed by atoms with E-state index in [1.807, 2.05) is 0 Å². The minimum absolute atomic E-state index is 0.101. The molecule has 0 bridgehead atoms. The summed E-state index contributed by atoms with van der Waals surface area (Å²) in [5, 5.41) is 0. The summed E-state index contributed by atoms with van der Waals surface area (Å²) < 4.78 is 37.2. The molecule has 0 aromatic rings. The second-order valence-corrected chi connectivity index (χ2v) is 5.09. The maximum Gasteiger partial charge on any atom is 0.170 e. The van der Waals surface area contributed by atoms with Crippen molar-refractivity contribution in [3.63, 3.8) is 0 Å². The normalized spacial score (nSPS) is 12.3. The molecule has 0 amide bonds. The molecule has 0 N–H and O–H groups in total. The van der Waals surface area contributed by atoms with Gasteiger partial charge < -0.3 is 14.2 Å². The van der Waals surface area contributed by atoms with Crippen molar-refractivity contribution in [2.45, 2.75) is 12.7 Å². The first-order chi connectivity index (χ1) is 6.55. The Bertz CT molecular complexity index is 220. The van der Waals surface area contributed by atoms with Crippen LogP contribution in [0.2, 0.25) is 0 Å². The topological polar surface area (TPSA) is 61.8 Å². The van der Waals surface area contributed by atoms with Crippen LogP contribution in [0.5, 0.6) is 0 Å². The Balaban J connectivity index is 3.93. The molecular formula is C8H18O5S. The maximum atomic E-state index is 11.4. The van der Waals surface area contributed by atoms with E-state index in [0.29, 0.717) is 13.0 Å². The molecule has 0 radical (unpaired) electrons. The van der Waals surface area contributed by atoms with Gasteiger partial charge in [-0.15, -0.1) is 0 Å². The van der Waals surface area contributed by atoms with Crippen molar-refractivity contribution in [3.05, 3.63) is 0 Å². The average Bonchev–Trinajstić information content (AvgIpc) is 2.14. The maximum absolute atomic E-state index is 11.4. The van der Waals surface area contributed by atoms with Gasteiger partial charge in [0.15, 0.2) is 16.1 Å². The van der Waals surface area contributed by atoms with E-state index in [-0.39, 0.29) is 11.5 Å². The number of sulfone groups is 1. The molecule has 0 fully saturated rings. The number of hydrogen-bond donors (Lipinski definition) is 0. The van der Waals surface area contributed by atoms with Crippen LogP contribution < -0.4 is 0 Å². The zero-order valence-corrected chi connectivity index (χ0v) is 9.67. The Morgan fingerprint density at radius 3 is 2.14 bits per heavy atom. The lowest BCUT2D eigenvalue weighted by atomic mass is 10.5. The Labute approximate surface area is 85.3 Å². The molecule has 0 saturated heterocycles. The number of ether oxygens (including phenoxy) is 3. The van der Waals surface area contributed by atoms with Gasteiger partial charge >= 0.3 is 0 Å². The molecule has 0 saturated carbocycles. The van der Waals surface area contributed by atoms with Gasteiger partial charge in [0.05, 0.1) is 5.75 Å². The van der Waals surface area contributed by atoms with Crippen molar-refractivity contribution >= 4 is 9.84 Å². The van der Waals surface area contributed by atoms with E-state index in [1.54, 1.807) is 7.11 Å². The lowest BCUT2D eigenvalue weighted by molar-refractivity contribution is -0.0851. The second-order valence-electron chi connectivity index (χ2n) is 2.86. The monoisotopic (exact) mass is 226 g/mol. The first-order valence-corrected chi connectivity index (χ1v) is 6.13. The van der Waals surface area contributed by atoms with Gasteiger partial charge in [0.2, 0.25) is 0 Å². The Hall–Kier alpha value is -0.170. The van der Waals surface area contributed by atoms with E-state index in [2.05, 4.69) is 0 Å². The largest absolute Gasteiger partial charge is 0.385 e. The predicted octanol–water partition coefficient (Wildman–Crippen LogP) is 0.0566. The fraction of sp³-hybridized carbons (Fsp3) is 1.00. The third kappa shape index (κ3) is 6.31. The van der Waals surface area contributed by atoms with Crippen LogP contribution in [0.4, 0.5) is 0 Å². The fourth-order valence-corrected chi connectivity index (χ4v) is 2.36. The van der Waals surface area contributed by atoms with Gasteiger partial charge in [0, 0.05) is 27.9 Å². The number of hydrogen-bond acceptors (Lipinski definition) is 5. The third-order valence-corrected chi connectivity index (χ3v) is 3.41. The SMILES string of the molecule is COCCCS(=O)(=O)CC(OC)OC.